The zero-order valence-electron chi connectivity index (χ0n) is 14.6. The SMILES string of the molecule is C[C@@H](OC(=O)CSc1ccc(Br)cc1)C(=O)Nc1ccc2c(c1)OCCO2. The fourth-order valence-electron chi connectivity index (χ4n) is 2.32. The molecule has 0 saturated carbocycles. The molecule has 0 saturated heterocycles. The summed E-state index contributed by atoms with van der Waals surface area (Å²) in [6.45, 7) is 2.51. The summed E-state index contributed by atoms with van der Waals surface area (Å²) in [5.41, 5.74) is 0.552. The van der Waals surface area contributed by atoms with E-state index in [1.54, 1.807) is 18.2 Å². The Balaban J connectivity index is 1.48. The van der Waals surface area contributed by atoms with Crippen molar-refractivity contribution in [2.75, 3.05) is 24.3 Å². The second-order valence-corrected chi connectivity index (χ2v) is 7.69. The number of hydrogen-bond donors (Lipinski definition) is 1. The number of halogens is 1. The molecule has 1 heterocycles. The number of benzene rings is 2. The van der Waals surface area contributed by atoms with Crippen LogP contribution in [0.2, 0.25) is 0 Å². The van der Waals surface area contributed by atoms with Crippen LogP contribution in [0.4, 0.5) is 5.69 Å². The van der Waals surface area contributed by atoms with E-state index in [0.717, 1.165) is 9.37 Å². The van der Waals surface area contributed by atoms with Gasteiger partial charge in [0.25, 0.3) is 5.91 Å². The van der Waals surface area contributed by atoms with Gasteiger partial charge in [-0.2, -0.15) is 0 Å². The molecule has 0 aromatic heterocycles. The van der Waals surface area contributed by atoms with E-state index < -0.39 is 18.0 Å². The van der Waals surface area contributed by atoms with Crippen molar-refractivity contribution in [3.8, 4) is 11.5 Å². The zero-order valence-corrected chi connectivity index (χ0v) is 17.0. The van der Waals surface area contributed by atoms with Gasteiger partial charge in [-0.25, -0.2) is 0 Å². The molecule has 0 spiro atoms. The Hall–Kier alpha value is -2.19. The Labute approximate surface area is 169 Å². The summed E-state index contributed by atoms with van der Waals surface area (Å²) in [7, 11) is 0. The van der Waals surface area contributed by atoms with Crippen molar-refractivity contribution in [3.63, 3.8) is 0 Å². The first-order valence-electron chi connectivity index (χ1n) is 8.29. The van der Waals surface area contributed by atoms with Gasteiger partial charge < -0.3 is 19.5 Å². The highest BCUT2D eigenvalue weighted by molar-refractivity contribution is 9.10. The molecule has 0 unspecified atom stereocenters. The van der Waals surface area contributed by atoms with Crippen LogP contribution in [0.1, 0.15) is 6.92 Å². The topological polar surface area (TPSA) is 73.9 Å². The predicted molar refractivity (Wildman–Crippen MR) is 106 cm³/mol. The van der Waals surface area contributed by atoms with Crippen LogP contribution in [0, 0.1) is 0 Å². The van der Waals surface area contributed by atoms with Crippen molar-refractivity contribution in [2.45, 2.75) is 17.9 Å². The first-order chi connectivity index (χ1) is 13.0. The lowest BCUT2D eigenvalue weighted by atomic mass is 10.2. The molecule has 27 heavy (non-hydrogen) atoms. The molecule has 0 radical (unpaired) electrons. The van der Waals surface area contributed by atoms with Crippen molar-refractivity contribution in [3.05, 3.63) is 46.9 Å². The Bertz CT molecular complexity index is 827. The highest BCUT2D eigenvalue weighted by atomic mass is 79.9. The molecule has 6 nitrogen and oxygen atoms in total. The number of amides is 1. The van der Waals surface area contributed by atoms with Crippen molar-refractivity contribution in [1.82, 2.24) is 0 Å². The number of nitrogens with one attached hydrogen (secondary N) is 1. The highest BCUT2D eigenvalue weighted by Gasteiger charge is 2.19. The molecular weight excluding hydrogens is 434 g/mol. The maximum absolute atomic E-state index is 12.3. The standard InChI is InChI=1S/C19H18BrNO5S/c1-12(26-18(22)11-27-15-5-2-13(20)3-6-15)19(23)21-14-4-7-16-17(10-14)25-9-8-24-16/h2-7,10,12H,8-9,11H2,1H3,(H,21,23)/t12-/m1/s1. The van der Waals surface area contributed by atoms with Gasteiger partial charge in [-0.15, -0.1) is 11.8 Å². The van der Waals surface area contributed by atoms with Crippen molar-refractivity contribution in [2.24, 2.45) is 0 Å². The third-order valence-corrected chi connectivity index (χ3v) is 5.17. The zero-order chi connectivity index (χ0) is 19.2. The Morgan fingerprint density at radius 1 is 1.15 bits per heavy atom. The van der Waals surface area contributed by atoms with E-state index in [1.165, 1.54) is 18.7 Å². The number of hydrogen-bond acceptors (Lipinski definition) is 6. The Morgan fingerprint density at radius 2 is 1.85 bits per heavy atom. The number of ether oxygens (including phenoxy) is 3. The van der Waals surface area contributed by atoms with Crippen LogP contribution in [-0.2, 0) is 14.3 Å². The molecule has 2 aromatic carbocycles. The van der Waals surface area contributed by atoms with Crippen LogP contribution in [0.3, 0.4) is 0 Å². The van der Waals surface area contributed by atoms with Crippen LogP contribution >= 0.6 is 27.7 Å². The first kappa shape index (κ1) is 19.6. The van der Waals surface area contributed by atoms with Crippen LogP contribution < -0.4 is 14.8 Å². The summed E-state index contributed by atoms with van der Waals surface area (Å²) in [4.78, 5) is 25.2. The van der Waals surface area contributed by atoms with Gasteiger partial charge in [0.05, 0.1) is 5.75 Å². The molecule has 2 aromatic rings. The summed E-state index contributed by atoms with van der Waals surface area (Å²) in [5.74, 6) is 0.489. The number of anilines is 1. The summed E-state index contributed by atoms with van der Waals surface area (Å²) in [6.07, 6.45) is -0.906. The molecule has 0 bridgehead atoms. The van der Waals surface area contributed by atoms with Crippen LogP contribution in [0.15, 0.2) is 51.8 Å². The summed E-state index contributed by atoms with van der Waals surface area (Å²) in [6, 6.07) is 12.7. The second kappa shape index (κ2) is 9.14. The van der Waals surface area contributed by atoms with E-state index in [9.17, 15) is 9.59 Å². The van der Waals surface area contributed by atoms with Gasteiger partial charge >= 0.3 is 5.97 Å². The Morgan fingerprint density at radius 3 is 2.59 bits per heavy atom. The molecule has 0 aliphatic carbocycles. The van der Waals surface area contributed by atoms with Gasteiger partial charge in [-0.05, 0) is 43.3 Å². The number of esters is 1. The van der Waals surface area contributed by atoms with Crippen molar-refractivity contribution in [1.29, 1.82) is 0 Å². The maximum atomic E-state index is 12.3. The van der Waals surface area contributed by atoms with E-state index in [0.29, 0.717) is 30.4 Å². The molecule has 1 N–H and O–H groups in total. The quantitative estimate of drug-likeness (QED) is 0.530. The number of rotatable bonds is 6. The van der Waals surface area contributed by atoms with E-state index >= 15 is 0 Å². The van der Waals surface area contributed by atoms with E-state index in [2.05, 4.69) is 21.2 Å². The van der Waals surface area contributed by atoms with Gasteiger partial charge in [-0.3, -0.25) is 9.59 Å². The largest absolute Gasteiger partial charge is 0.486 e. The Kier molecular flexibility index (Phi) is 6.63. The van der Waals surface area contributed by atoms with Crippen LogP contribution in [-0.4, -0.2) is 36.9 Å². The number of carbonyl (C=O) groups excluding carboxylic acids is 2. The van der Waals surface area contributed by atoms with Crippen molar-refractivity contribution >= 4 is 45.3 Å². The average Bonchev–Trinajstić information content (AvgIpc) is 2.67. The summed E-state index contributed by atoms with van der Waals surface area (Å²) >= 11 is 4.71. The molecule has 1 aliphatic heterocycles. The van der Waals surface area contributed by atoms with Gasteiger partial charge in [0, 0.05) is 21.1 Å². The summed E-state index contributed by atoms with van der Waals surface area (Å²) in [5, 5.41) is 2.71. The monoisotopic (exact) mass is 451 g/mol. The van der Waals surface area contributed by atoms with E-state index in [1.807, 2.05) is 24.3 Å². The molecule has 1 atom stereocenters. The smallest absolute Gasteiger partial charge is 0.317 e. The third-order valence-electron chi connectivity index (χ3n) is 3.66. The van der Waals surface area contributed by atoms with E-state index in [4.69, 9.17) is 14.2 Å². The number of fused-ring (bicyclic) bond motifs is 1. The molecule has 1 aliphatic rings. The first-order valence-corrected chi connectivity index (χ1v) is 10.1. The van der Waals surface area contributed by atoms with Crippen molar-refractivity contribution < 1.29 is 23.8 Å². The minimum absolute atomic E-state index is 0.128. The third kappa shape index (κ3) is 5.64. The fourth-order valence-corrected chi connectivity index (χ4v) is 3.27. The van der Waals surface area contributed by atoms with Crippen LogP contribution in [0.5, 0.6) is 11.5 Å². The lowest BCUT2D eigenvalue weighted by Crippen LogP contribution is -2.30. The minimum Gasteiger partial charge on any atom is -0.486 e. The second-order valence-electron chi connectivity index (χ2n) is 5.72. The van der Waals surface area contributed by atoms with E-state index in [-0.39, 0.29) is 5.75 Å². The average molecular weight is 452 g/mol. The van der Waals surface area contributed by atoms with Gasteiger partial charge in [0.15, 0.2) is 17.6 Å². The number of carbonyl (C=O) groups is 2. The molecule has 1 amide bonds. The molecule has 142 valence electrons. The number of thioether (sulfide) groups is 1. The molecular formula is C19H18BrNO5S. The molecule has 3 rings (SSSR count). The van der Waals surface area contributed by atoms with Gasteiger partial charge in [0.2, 0.25) is 0 Å². The molecule has 0 fully saturated rings. The highest BCUT2D eigenvalue weighted by Crippen LogP contribution is 2.32. The van der Waals surface area contributed by atoms with Gasteiger partial charge in [-0.1, -0.05) is 15.9 Å². The lowest BCUT2D eigenvalue weighted by Gasteiger charge is -2.19. The predicted octanol–water partition coefficient (Wildman–Crippen LogP) is 3.88. The normalized spacial score (nSPS) is 13.6. The fraction of sp³-hybridized carbons (Fsp3) is 0.263. The maximum Gasteiger partial charge on any atom is 0.317 e. The minimum atomic E-state index is -0.906. The lowest BCUT2D eigenvalue weighted by molar-refractivity contribution is -0.150. The molecule has 8 heteroatoms. The van der Waals surface area contributed by atoms with Crippen LogP contribution in [0.25, 0.3) is 0 Å². The van der Waals surface area contributed by atoms with Gasteiger partial charge in [0.1, 0.15) is 13.2 Å². The summed E-state index contributed by atoms with van der Waals surface area (Å²) < 4.78 is 17.1.